The van der Waals surface area contributed by atoms with Crippen LogP contribution in [0.2, 0.25) is 0 Å². The molecule has 1 aliphatic heterocycles. The van der Waals surface area contributed by atoms with E-state index in [1.54, 1.807) is 11.0 Å². The quantitative estimate of drug-likeness (QED) is 0.589. The van der Waals surface area contributed by atoms with Crippen LogP contribution in [0.5, 0.6) is 5.75 Å². The SMILES string of the molecule is Cn1c(=O)c(Br)c(Nc2cccc(C(=O)N3CC[C@H](CO)C3)c2O)c(=O)n1C. The Hall–Kier alpha value is -2.59. The van der Waals surface area contributed by atoms with Crippen molar-refractivity contribution in [1.29, 1.82) is 0 Å². The number of aromatic hydroxyl groups is 1. The predicted octanol–water partition coefficient (Wildman–Crippen LogP) is 0.750. The third kappa shape index (κ3) is 3.45. The molecule has 9 nitrogen and oxygen atoms in total. The largest absolute Gasteiger partial charge is 0.505 e. The minimum Gasteiger partial charge on any atom is -0.505 e. The zero-order chi connectivity index (χ0) is 20.6. The summed E-state index contributed by atoms with van der Waals surface area (Å²) in [6.07, 6.45) is 0.706. The lowest BCUT2D eigenvalue weighted by Gasteiger charge is -2.19. The number of phenolic OH excluding ortho intramolecular Hbond substituents is 1. The van der Waals surface area contributed by atoms with Crippen molar-refractivity contribution in [3.05, 3.63) is 48.9 Å². The van der Waals surface area contributed by atoms with E-state index in [1.807, 2.05) is 0 Å². The molecule has 0 unspecified atom stereocenters. The predicted molar refractivity (Wildman–Crippen MR) is 107 cm³/mol. The van der Waals surface area contributed by atoms with Crippen molar-refractivity contribution in [2.75, 3.05) is 25.0 Å². The summed E-state index contributed by atoms with van der Waals surface area (Å²) >= 11 is 3.12. The Kier molecular flexibility index (Phi) is 5.61. The maximum atomic E-state index is 12.7. The average molecular weight is 453 g/mol. The van der Waals surface area contributed by atoms with Gasteiger partial charge in [-0.1, -0.05) is 6.07 Å². The molecule has 150 valence electrons. The number of hydrogen-bond donors (Lipinski definition) is 3. The summed E-state index contributed by atoms with van der Waals surface area (Å²) in [5, 5.41) is 22.6. The van der Waals surface area contributed by atoms with Crippen LogP contribution in [-0.4, -0.2) is 50.1 Å². The second kappa shape index (κ2) is 7.80. The molecule has 3 rings (SSSR count). The summed E-state index contributed by atoms with van der Waals surface area (Å²) in [5.74, 6) is -0.630. The number of aromatic nitrogens is 2. The third-order valence-corrected chi connectivity index (χ3v) is 5.75. The van der Waals surface area contributed by atoms with Crippen LogP contribution in [0.25, 0.3) is 0 Å². The molecule has 0 aliphatic carbocycles. The molecule has 1 amide bonds. The van der Waals surface area contributed by atoms with Gasteiger partial charge in [-0.15, -0.1) is 0 Å². The monoisotopic (exact) mass is 452 g/mol. The Labute approximate surface area is 168 Å². The molecule has 3 N–H and O–H groups in total. The summed E-state index contributed by atoms with van der Waals surface area (Å²) in [6.45, 7) is 0.937. The van der Waals surface area contributed by atoms with Crippen molar-refractivity contribution in [3.63, 3.8) is 0 Å². The van der Waals surface area contributed by atoms with E-state index in [0.717, 1.165) is 9.36 Å². The van der Waals surface area contributed by atoms with Gasteiger partial charge in [-0.2, -0.15) is 0 Å². The van der Waals surface area contributed by atoms with Gasteiger partial charge in [-0.25, -0.2) is 9.36 Å². The number of nitrogens with zero attached hydrogens (tertiary/aromatic N) is 3. The number of aliphatic hydroxyl groups excluding tert-OH is 1. The highest BCUT2D eigenvalue weighted by Crippen LogP contribution is 2.32. The Bertz CT molecular complexity index is 1050. The Morgan fingerprint density at radius 3 is 2.57 bits per heavy atom. The van der Waals surface area contributed by atoms with Gasteiger partial charge in [0.2, 0.25) is 0 Å². The molecule has 2 heterocycles. The average Bonchev–Trinajstić information content (AvgIpc) is 3.18. The Morgan fingerprint density at radius 2 is 1.93 bits per heavy atom. The van der Waals surface area contributed by atoms with Crippen molar-refractivity contribution in [1.82, 2.24) is 14.3 Å². The minimum absolute atomic E-state index is 0.0116. The first kappa shape index (κ1) is 20.2. The number of para-hydroxylation sites is 1. The van der Waals surface area contributed by atoms with Gasteiger partial charge in [0.05, 0.1) is 11.3 Å². The van der Waals surface area contributed by atoms with Crippen LogP contribution in [0.15, 0.2) is 32.3 Å². The van der Waals surface area contributed by atoms with E-state index in [2.05, 4.69) is 21.2 Å². The van der Waals surface area contributed by atoms with Gasteiger partial charge in [0.1, 0.15) is 10.2 Å². The van der Waals surface area contributed by atoms with E-state index in [9.17, 15) is 24.6 Å². The van der Waals surface area contributed by atoms with Crippen LogP contribution >= 0.6 is 15.9 Å². The molecular weight excluding hydrogens is 432 g/mol. The van der Waals surface area contributed by atoms with Gasteiger partial charge in [0.15, 0.2) is 5.75 Å². The van der Waals surface area contributed by atoms with Gasteiger partial charge >= 0.3 is 0 Å². The fourth-order valence-corrected chi connectivity index (χ4v) is 3.70. The highest BCUT2D eigenvalue weighted by atomic mass is 79.9. The number of benzene rings is 1. The number of halogens is 1. The maximum absolute atomic E-state index is 12.7. The molecule has 1 atom stereocenters. The van der Waals surface area contributed by atoms with Gasteiger partial charge in [-0.3, -0.25) is 14.4 Å². The summed E-state index contributed by atoms with van der Waals surface area (Å²) in [5.41, 5.74) is -0.721. The van der Waals surface area contributed by atoms with Crippen molar-refractivity contribution in [2.24, 2.45) is 20.0 Å². The molecule has 1 aromatic carbocycles. The van der Waals surface area contributed by atoms with Gasteiger partial charge in [0.25, 0.3) is 17.0 Å². The van der Waals surface area contributed by atoms with E-state index >= 15 is 0 Å². The number of amides is 1. The van der Waals surface area contributed by atoms with E-state index in [-0.39, 0.29) is 45.6 Å². The second-order valence-electron chi connectivity index (χ2n) is 6.76. The van der Waals surface area contributed by atoms with Crippen LogP contribution in [0.3, 0.4) is 0 Å². The number of carbonyl (C=O) groups is 1. The standard InChI is InChI=1S/C18H21BrN4O5/c1-21-17(27)13(19)14(18(28)22(21)2)20-12-5-3-4-11(15(12)25)16(26)23-7-6-10(8-23)9-24/h3-5,10,20,24-25H,6-9H2,1-2H3/t10-/m0/s1. The zero-order valence-corrected chi connectivity index (χ0v) is 17.1. The Balaban J connectivity index is 1.96. The smallest absolute Gasteiger partial charge is 0.289 e. The van der Waals surface area contributed by atoms with Crippen LogP contribution in [0, 0.1) is 5.92 Å². The summed E-state index contributed by atoms with van der Waals surface area (Å²) < 4.78 is 2.32. The normalized spacial score (nSPS) is 16.4. The van der Waals surface area contributed by atoms with Crippen molar-refractivity contribution >= 4 is 33.2 Å². The van der Waals surface area contributed by atoms with E-state index in [1.165, 1.54) is 26.2 Å². The molecule has 1 fully saturated rings. The summed E-state index contributed by atoms with van der Waals surface area (Å²) in [4.78, 5) is 39.0. The highest BCUT2D eigenvalue weighted by Gasteiger charge is 2.28. The molecule has 10 heteroatoms. The van der Waals surface area contributed by atoms with Gasteiger partial charge in [-0.05, 0) is 34.5 Å². The van der Waals surface area contributed by atoms with Crippen molar-refractivity contribution < 1.29 is 15.0 Å². The zero-order valence-electron chi connectivity index (χ0n) is 15.5. The van der Waals surface area contributed by atoms with Gasteiger partial charge < -0.3 is 20.4 Å². The number of hydrogen-bond acceptors (Lipinski definition) is 6. The molecular formula is C18H21BrN4O5. The van der Waals surface area contributed by atoms with Crippen LogP contribution in [-0.2, 0) is 14.1 Å². The molecule has 2 aromatic rings. The number of rotatable bonds is 4. The molecule has 1 aliphatic rings. The van der Waals surface area contributed by atoms with Crippen molar-refractivity contribution in [3.8, 4) is 5.75 Å². The molecule has 0 bridgehead atoms. The van der Waals surface area contributed by atoms with Gasteiger partial charge in [0, 0.05) is 39.7 Å². The molecule has 28 heavy (non-hydrogen) atoms. The molecule has 1 saturated heterocycles. The fourth-order valence-electron chi connectivity index (χ4n) is 3.17. The molecule has 1 aromatic heterocycles. The first-order valence-electron chi connectivity index (χ1n) is 8.71. The number of carbonyl (C=O) groups excluding carboxylic acids is 1. The molecule has 0 spiro atoms. The number of nitrogens with one attached hydrogen (secondary N) is 1. The lowest BCUT2D eigenvalue weighted by Crippen LogP contribution is -2.36. The first-order valence-corrected chi connectivity index (χ1v) is 9.50. The van der Waals surface area contributed by atoms with Crippen LogP contribution in [0.1, 0.15) is 16.8 Å². The van der Waals surface area contributed by atoms with Crippen LogP contribution in [0.4, 0.5) is 11.4 Å². The lowest BCUT2D eigenvalue weighted by atomic mass is 10.1. The number of aliphatic hydroxyl groups is 1. The third-order valence-electron chi connectivity index (χ3n) is 5.02. The lowest BCUT2D eigenvalue weighted by molar-refractivity contribution is 0.0779. The molecule has 0 radical (unpaired) electrons. The fraction of sp³-hybridized carbons (Fsp3) is 0.389. The second-order valence-corrected chi connectivity index (χ2v) is 7.55. The van der Waals surface area contributed by atoms with E-state index < -0.39 is 11.1 Å². The van der Waals surface area contributed by atoms with E-state index in [0.29, 0.717) is 19.5 Å². The van der Waals surface area contributed by atoms with Crippen molar-refractivity contribution in [2.45, 2.75) is 6.42 Å². The minimum atomic E-state index is -0.476. The Morgan fingerprint density at radius 1 is 1.25 bits per heavy atom. The number of phenols is 1. The van der Waals surface area contributed by atoms with Crippen LogP contribution < -0.4 is 16.4 Å². The molecule has 0 saturated carbocycles. The first-order chi connectivity index (χ1) is 13.3. The highest BCUT2D eigenvalue weighted by molar-refractivity contribution is 9.10. The number of likely N-dealkylation sites (tertiary alicyclic amines) is 1. The number of anilines is 2. The van der Waals surface area contributed by atoms with E-state index in [4.69, 9.17) is 0 Å². The maximum Gasteiger partial charge on any atom is 0.289 e. The summed E-state index contributed by atoms with van der Waals surface area (Å²) in [7, 11) is 2.91. The summed E-state index contributed by atoms with van der Waals surface area (Å²) in [6, 6.07) is 4.58. The topological polar surface area (TPSA) is 117 Å².